The molecule has 0 radical (unpaired) electrons. The maximum absolute atomic E-state index is 14.4. The summed E-state index contributed by atoms with van der Waals surface area (Å²) in [5.41, 5.74) is 5.86. The molecule has 2 N–H and O–H groups in total. The molecule has 1 aliphatic carbocycles. The third kappa shape index (κ3) is 4.30. The summed E-state index contributed by atoms with van der Waals surface area (Å²) in [6, 6.07) is 22.0. The van der Waals surface area contributed by atoms with Gasteiger partial charge in [-0.15, -0.1) is 0 Å². The molecule has 1 aromatic heterocycles. The number of imide groups is 1. The van der Waals surface area contributed by atoms with E-state index in [1.807, 2.05) is 18.2 Å². The highest BCUT2D eigenvalue weighted by Gasteiger charge is 2.53. The number of fused-ring (bicyclic) bond motifs is 4. The fourth-order valence-corrected chi connectivity index (χ4v) is 7.08. The van der Waals surface area contributed by atoms with Gasteiger partial charge in [-0.1, -0.05) is 87.7 Å². The molecule has 214 valence electrons. The molecule has 3 aliphatic rings. The molecule has 7 heteroatoms. The Kier molecular flexibility index (Phi) is 6.60. The van der Waals surface area contributed by atoms with Crippen molar-refractivity contribution in [3.8, 4) is 0 Å². The summed E-state index contributed by atoms with van der Waals surface area (Å²) in [4.78, 5) is 48.7. The molecule has 7 nitrogen and oxygen atoms in total. The number of amides is 4. The Bertz CT molecular complexity index is 1680. The van der Waals surface area contributed by atoms with E-state index in [9.17, 15) is 14.4 Å². The highest BCUT2D eigenvalue weighted by Crippen LogP contribution is 2.45. The lowest BCUT2D eigenvalue weighted by Gasteiger charge is -2.36. The Morgan fingerprint density at radius 3 is 2.38 bits per heavy atom. The number of carbonyl (C=O) groups is 3. The van der Waals surface area contributed by atoms with Crippen LogP contribution in [0, 0.1) is 0 Å². The number of aromatic nitrogens is 1. The standard InChI is InChI=1S/C35H36N4O3/c1-21(2)22-16-18-23(19-17-22)32-31-27(25-12-6-8-14-28(25)37-31)20-30-34(41)39(35(42)38(30)32)29-15-9-7-13-26(29)33(40)36-24-10-4-3-5-11-24/h6-9,12-19,21,24,30,32,37H,3-5,10-11,20H2,1-2H3,(H,36,40)/t30-,32+/m0/s1. The number of benzene rings is 3. The topological polar surface area (TPSA) is 85.5 Å². The van der Waals surface area contributed by atoms with Crippen molar-refractivity contribution in [1.82, 2.24) is 15.2 Å². The molecule has 1 saturated carbocycles. The smallest absolute Gasteiger partial charge is 0.332 e. The molecule has 2 aliphatic heterocycles. The number of H-pyrrole nitrogens is 1. The summed E-state index contributed by atoms with van der Waals surface area (Å²) in [5.74, 6) is -0.152. The minimum absolute atomic E-state index is 0.118. The van der Waals surface area contributed by atoms with E-state index in [-0.39, 0.29) is 17.9 Å². The molecule has 3 aromatic carbocycles. The van der Waals surface area contributed by atoms with E-state index < -0.39 is 18.1 Å². The fraction of sp³-hybridized carbons (Fsp3) is 0.343. The molecule has 42 heavy (non-hydrogen) atoms. The number of nitrogens with zero attached hydrogens (tertiary/aromatic N) is 2. The van der Waals surface area contributed by atoms with Crippen LogP contribution in [0.2, 0.25) is 0 Å². The zero-order chi connectivity index (χ0) is 29.0. The summed E-state index contributed by atoms with van der Waals surface area (Å²) < 4.78 is 0. The van der Waals surface area contributed by atoms with Gasteiger partial charge in [0.15, 0.2) is 0 Å². The van der Waals surface area contributed by atoms with E-state index in [0.29, 0.717) is 23.6 Å². The minimum Gasteiger partial charge on any atom is -0.356 e. The van der Waals surface area contributed by atoms with Crippen LogP contribution in [0.15, 0.2) is 72.8 Å². The Balaban J connectivity index is 1.30. The van der Waals surface area contributed by atoms with Crippen LogP contribution >= 0.6 is 0 Å². The van der Waals surface area contributed by atoms with Gasteiger partial charge in [0.05, 0.1) is 11.3 Å². The van der Waals surface area contributed by atoms with Crippen LogP contribution in [0.1, 0.15) is 90.7 Å². The van der Waals surface area contributed by atoms with Gasteiger partial charge in [-0.25, -0.2) is 9.69 Å². The number of hydrogen-bond donors (Lipinski definition) is 2. The van der Waals surface area contributed by atoms with Gasteiger partial charge in [0, 0.05) is 29.1 Å². The maximum atomic E-state index is 14.4. The number of nitrogens with one attached hydrogen (secondary N) is 2. The van der Waals surface area contributed by atoms with Gasteiger partial charge < -0.3 is 10.3 Å². The van der Waals surface area contributed by atoms with E-state index in [4.69, 9.17) is 0 Å². The van der Waals surface area contributed by atoms with Crippen LogP contribution in [0.25, 0.3) is 10.9 Å². The van der Waals surface area contributed by atoms with Crippen molar-refractivity contribution >= 4 is 34.4 Å². The normalized spacial score (nSPS) is 20.7. The van der Waals surface area contributed by atoms with Crippen molar-refractivity contribution in [3.63, 3.8) is 0 Å². The Labute approximate surface area is 245 Å². The first-order chi connectivity index (χ1) is 20.4. The van der Waals surface area contributed by atoms with E-state index in [2.05, 4.69) is 54.5 Å². The quantitative estimate of drug-likeness (QED) is 0.262. The van der Waals surface area contributed by atoms with Crippen molar-refractivity contribution in [3.05, 3.63) is 101 Å². The molecule has 4 amide bonds. The summed E-state index contributed by atoms with van der Waals surface area (Å²) in [6.45, 7) is 4.31. The number of anilines is 1. The van der Waals surface area contributed by atoms with Gasteiger partial charge in [0.1, 0.15) is 12.1 Å². The summed E-state index contributed by atoms with van der Waals surface area (Å²) in [5, 5.41) is 4.23. The van der Waals surface area contributed by atoms with Gasteiger partial charge in [-0.05, 0) is 53.6 Å². The summed E-state index contributed by atoms with van der Waals surface area (Å²) in [7, 11) is 0. The molecule has 7 rings (SSSR count). The SMILES string of the molecule is CC(C)c1ccc([C@@H]2c3[nH]c4ccccc4c3C[C@H]3C(=O)N(c4ccccc4C(=O)NC4CCCCC4)C(=O)N23)cc1. The lowest BCUT2D eigenvalue weighted by molar-refractivity contribution is -0.120. The second-order valence-electron chi connectivity index (χ2n) is 12.2. The van der Waals surface area contributed by atoms with E-state index >= 15 is 0 Å². The van der Waals surface area contributed by atoms with Crippen molar-refractivity contribution in [1.29, 1.82) is 0 Å². The van der Waals surface area contributed by atoms with Gasteiger partial charge in [-0.3, -0.25) is 14.5 Å². The monoisotopic (exact) mass is 560 g/mol. The maximum Gasteiger partial charge on any atom is 0.332 e. The summed E-state index contributed by atoms with van der Waals surface area (Å²) >= 11 is 0. The average Bonchev–Trinajstić information content (AvgIpc) is 3.50. The lowest BCUT2D eigenvalue weighted by atomic mass is 9.88. The van der Waals surface area contributed by atoms with Crippen LogP contribution < -0.4 is 10.2 Å². The zero-order valence-electron chi connectivity index (χ0n) is 24.1. The lowest BCUT2D eigenvalue weighted by Crippen LogP contribution is -2.44. The third-order valence-corrected chi connectivity index (χ3v) is 9.30. The first-order valence-corrected chi connectivity index (χ1v) is 15.2. The van der Waals surface area contributed by atoms with E-state index in [0.717, 1.165) is 53.4 Å². The van der Waals surface area contributed by atoms with Gasteiger partial charge in [-0.2, -0.15) is 0 Å². The third-order valence-electron chi connectivity index (χ3n) is 9.30. The molecular formula is C35H36N4O3. The Morgan fingerprint density at radius 2 is 1.62 bits per heavy atom. The van der Waals surface area contributed by atoms with E-state index in [1.165, 1.54) is 16.9 Å². The zero-order valence-corrected chi connectivity index (χ0v) is 24.1. The Hall–Kier alpha value is -4.39. The van der Waals surface area contributed by atoms with Gasteiger partial charge in [0.25, 0.3) is 11.8 Å². The molecule has 0 bridgehead atoms. The second kappa shape index (κ2) is 10.5. The van der Waals surface area contributed by atoms with Gasteiger partial charge >= 0.3 is 6.03 Å². The van der Waals surface area contributed by atoms with Crippen molar-refractivity contribution < 1.29 is 14.4 Å². The van der Waals surface area contributed by atoms with Crippen LogP contribution in [0.5, 0.6) is 0 Å². The minimum atomic E-state index is -0.673. The molecule has 2 fully saturated rings. The largest absolute Gasteiger partial charge is 0.356 e. The second-order valence-corrected chi connectivity index (χ2v) is 12.2. The van der Waals surface area contributed by atoms with Gasteiger partial charge in [0.2, 0.25) is 0 Å². The first-order valence-electron chi connectivity index (χ1n) is 15.2. The molecule has 0 spiro atoms. The summed E-state index contributed by atoms with van der Waals surface area (Å²) in [6.07, 6.45) is 5.71. The highest BCUT2D eigenvalue weighted by atomic mass is 16.2. The van der Waals surface area contributed by atoms with Crippen LogP contribution in [0.3, 0.4) is 0 Å². The predicted octanol–water partition coefficient (Wildman–Crippen LogP) is 6.84. The first kappa shape index (κ1) is 26.5. The molecule has 4 aromatic rings. The highest BCUT2D eigenvalue weighted by molar-refractivity contribution is 6.24. The number of hydrogen-bond acceptors (Lipinski definition) is 3. The van der Waals surface area contributed by atoms with Crippen LogP contribution in [-0.2, 0) is 11.2 Å². The number of aromatic amines is 1. The Morgan fingerprint density at radius 1 is 0.905 bits per heavy atom. The molecule has 2 atom stereocenters. The van der Waals surface area contributed by atoms with E-state index in [1.54, 1.807) is 29.2 Å². The molecular weight excluding hydrogens is 524 g/mol. The number of urea groups is 1. The van der Waals surface area contributed by atoms with Crippen molar-refractivity contribution in [2.45, 2.75) is 76.4 Å². The average molecular weight is 561 g/mol. The fourth-order valence-electron chi connectivity index (χ4n) is 7.08. The number of carbonyl (C=O) groups excluding carboxylic acids is 3. The molecule has 3 heterocycles. The number of rotatable bonds is 5. The predicted molar refractivity (Wildman–Crippen MR) is 164 cm³/mol. The number of para-hydroxylation sites is 2. The van der Waals surface area contributed by atoms with Crippen LogP contribution in [0.4, 0.5) is 10.5 Å². The van der Waals surface area contributed by atoms with Crippen molar-refractivity contribution in [2.24, 2.45) is 0 Å². The van der Waals surface area contributed by atoms with Crippen LogP contribution in [-0.4, -0.2) is 39.8 Å². The molecule has 0 unspecified atom stereocenters. The van der Waals surface area contributed by atoms with Crippen molar-refractivity contribution in [2.75, 3.05) is 4.90 Å². The molecule has 1 saturated heterocycles.